The fourth-order valence-electron chi connectivity index (χ4n) is 3.74. The summed E-state index contributed by atoms with van der Waals surface area (Å²) in [6, 6.07) is 13.6. The number of benzene rings is 2. The largest absolute Gasteiger partial charge is 0.478 e. The Morgan fingerprint density at radius 2 is 1.69 bits per heavy atom. The highest BCUT2D eigenvalue weighted by atomic mass is 32.2. The molecule has 150 valence electrons. The van der Waals surface area contributed by atoms with Crippen LogP contribution in [0.2, 0.25) is 0 Å². The number of carboxylic acids is 1. The number of carbonyl (C=O) groups is 1. The molecular formula is C22H22N2O4S. The molecule has 0 radical (unpaired) electrons. The zero-order chi connectivity index (χ0) is 20.6. The van der Waals surface area contributed by atoms with Gasteiger partial charge < -0.3 is 5.11 Å². The molecule has 1 aliphatic rings. The van der Waals surface area contributed by atoms with Crippen molar-refractivity contribution in [2.75, 3.05) is 13.1 Å². The van der Waals surface area contributed by atoms with Crippen LogP contribution < -0.4 is 0 Å². The third-order valence-electron chi connectivity index (χ3n) is 5.37. The maximum Gasteiger partial charge on any atom is 0.335 e. The van der Waals surface area contributed by atoms with Gasteiger partial charge in [0, 0.05) is 24.0 Å². The molecule has 2 aromatic carbocycles. The molecule has 4 rings (SSSR count). The summed E-state index contributed by atoms with van der Waals surface area (Å²) < 4.78 is 27.2. The first-order valence-corrected chi connectivity index (χ1v) is 11.1. The first-order chi connectivity index (χ1) is 13.9. The lowest BCUT2D eigenvalue weighted by Crippen LogP contribution is -2.35. The van der Waals surface area contributed by atoms with Crippen molar-refractivity contribution < 1.29 is 18.3 Å². The van der Waals surface area contributed by atoms with Crippen molar-refractivity contribution in [1.82, 2.24) is 9.29 Å². The Balaban J connectivity index is 1.70. The molecule has 7 heteroatoms. The number of hydrogen-bond donors (Lipinski definition) is 1. The molecule has 2 heterocycles. The molecular weight excluding hydrogens is 388 g/mol. The predicted octanol–water partition coefficient (Wildman–Crippen LogP) is 4.08. The molecule has 1 N–H and O–H groups in total. The first-order valence-electron chi connectivity index (χ1n) is 9.61. The van der Waals surface area contributed by atoms with Gasteiger partial charge in [0.1, 0.15) is 0 Å². The summed E-state index contributed by atoms with van der Waals surface area (Å²) in [4.78, 5) is 16.2. The highest BCUT2D eigenvalue weighted by molar-refractivity contribution is 7.89. The Labute approximate surface area is 169 Å². The van der Waals surface area contributed by atoms with Gasteiger partial charge in [-0.15, -0.1) is 0 Å². The Morgan fingerprint density at radius 3 is 2.34 bits per heavy atom. The molecule has 29 heavy (non-hydrogen) atoms. The van der Waals surface area contributed by atoms with Gasteiger partial charge in [-0.25, -0.2) is 18.2 Å². The third kappa shape index (κ3) is 3.75. The maximum atomic E-state index is 12.8. The first kappa shape index (κ1) is 19.5. The van der Waals surface area contributed by atoms with E-state index in [4.69, 9.17) is 0 Å². The van der Waals surface area contributed by atoms with Crippen LogP contribution in [0.1, 0.15) is 35.2 Å². The van der Waals surface area contributed by atoms with Crippen LogP contribution in [0.25, 0.3) is 22.2 Å². The minimum atomic E-state index is -3.47. The van der Waals surface area contributed by atoms with Crippen LogP contribution in [0, 0.1) is 6.92 Å². The van der Waals surface area contributed by atoms with Gasteiger partial charge in [0.15, 0.2) is 0 Å². The number of rotatable bonds is 4. The molecule has 3 aromatic rings. The second kappa shape index (κ2) is 7.57. The lowest BCUT2D eigenvalue weighted by molar-refractivity contribution is 0.0697. The average Bonchev–Trinajstić information content (AvgIpc) is 2.74. The van der Waals surface area contributed by atoms with Crippen LogP contribution in [0.5, 0.6) is 0 Å². The van der Waals surface area contributed by atoms with Gasteiger partial charge in [0.25, 0.3) is 0 Å². The van der Waals surface area contributed by atoms with E-state index in [0.717, 1.165) is 35.8 Å². The van der Waals surface area contributed by atoms with E-state index in [9.17, 15) is 18.3 Å². The Morgan fingerprint density at radius 1 is 1.00 bits per heavy atom. The van der Waals surface area contributed by atoms with E-state index >= 15 is 0 Å². The lowest BCUT2D eigenvalue weighted by atomic mass is 10.0. The molecule has 0 spiro atoms. The van der Waals surface area contributed by atoms with E-state index in [-0.39, 0.29) is 10.5 Å². The van der Waals surface area contributed by atoms with Crippen molar-refractivity contribution in [1.29, 1.82) is 0 Å². The van der Waals surface area contributed by atoms with Crippen LogP contribution in [0.3, 0.4) is 0 Å². The number of pyridine rings is 1. The molecule has 0 bridgehead atoms. The number of piperidine rings is 1. The average molecular weight is 410 g/mol. The zero-order valence-corrected chi connectivity index (χ0v) is 16.9. The van der Waals surface area contributed by atoms with Gasteiger partial charge in [0.2, 0.25) is 10.0 Å². The third-order valence-corrected chi connectivity index (χ3v) is 7.28. The van der Waals surface area contributed by atoms with Crippen molar-refractivity contribution in [2.45, 2.75) is 31.1 Å². The van der Waals surface area contributed by atoms with E-state index in [1.807, 2.05) is 13.0 Å². The molecule has 0 unspecified atom stereocenters. The van der Waals surface area contributed by atoms with Crippen LogP contribution in [0.15, 0.2) is 53.4 Å². The summed E-state index contributed by atoms with van der Waals surface area (Å²) in [6.45, 7) is 3.09. The zero-order valence-electron chi connectivity index (χ0n) is 16.1. The molecule has 1 aromatic heterocycles. The van der Waals surface area contributed by atoms with E-state index in [1.165, 1.54) is 0 Å². The summed E-state index contributed by atoms with van der Waals surface area (Å²) in [6.07, 6.45) is 2.87. The van der Waals surface area contributed by atoms with Gasteiger partial charge >= 0.3 is 5.97 Å². The van der Waals surface area contributed by atoms with Gasteiger partial charge in [0.05, 0.1) is 21.7 Å². The predicted molar refractivity (Wildman–Crippen MR) is 111 cm³/mol. The van der Waals surface area contributed by atoms with E-state index in [2.05, 4.69) is 4.98 Å². The molecule has 1 aliphatic heterocycles. The summed E-state index contributed by atoms with van der Waals surface area (Å²) >= 11 is 0. The van der Waals surface area contributed by atoms with Crippen LogP contribution >= 0.6 is 0 Å². The number of carboxylic acid groups (broad SMARTS) is 1. The van der Waals surface area contributed by atoms with Crippen LogP contribution in [-0.4, -0.2) is 41.9 Å². The summed E-state index contributed by atoms with van der Waals surface area (Å²) in [5.41, 5.74) is 3.23. The second-order valence-corrected chi connectivity index (χ2v) is 9.29. The van der Waals surface area contributed by atoms with Gasteiger partial charge in [-0.05, 0) is 55.7 Å². The minimum Gasteiger partial charge on any atom is -0.478 e. The van der Waals surface area contributed by atoms with E-state index in [0.29, 0.717) is 24.3 Å². The quantitative estimate of drug-likeness (QED) is 0.700. The van der Waals surface area contributed by atoms with Gasteiger partial charge in [-0.3, -0.25) is 0 Å². The number of nitrogens with zero attached hydrogens (tertiary/aromatic N) is 2. The summed E-state index contributed by atoms with van der Waals surface area (Å²) in [5.74, 6) is -0.996. The second-order valence-electron chi connectivity index (χ2n) is 7.35. The Hall–Kier alpha value is -2.77. The van der Waals surface area contributed by atoms with Crippen molar-refractivity contribution in [3.8, 4) is 11.3 Å². The van der Waals surface area contributed by atoms with Gasteiger partial charge in [-0.2, -0.15) is 4.31 Å². The standard InChI is InChI=1S/C22H22N2O4S/c1-15-13-20(23-21-14-17(22(25)26)7-10-19(15)21)16-5-8-18(9-6-16)29(27,28)24-11-3-2-4-12-24/h5-10,13-14H,2-4,11-12H2,1H3,(H,25,26). The number of fused-ring (bicyclic) bond motifs is 1. The molecule has 0 amide bonds. The topological polar surface area (TPSA) is 87.6 Å². The summed E-state index contributed by atoms with van der Waals surface area (Å²) in [5, 5.41) is 10.1. The number of aromatic carboxylic acids is 1. The van der Waals surface area contributed by atoms with E-state index in [1.54, 1.807) is 46.8 Å². The van der Waals surface area contributed by atoms with Crippen molar-refractivity contribution in [3.05, 3.63) is 59.7 Å². The molecule has 6 nitrogen and oxygen atoms in total. The fourth-order valence-corrected chi connectivity index (χ4v) is 5.25. The minimum absolute atomic E-state index is 0.185. The smallest absolute Gasteiger partial charge is 0.335 e. The lowest BCUT2D eigenvalue weighted by Gasteiger charge is -2.25. The van der Waals surface area contributed by atoms with Crippen molar-refractivity contribution >= 4 is 26.9 Å². The SMILES string of the molecule is Cc1cc(-c2ccc(S(=O)(=O)N3CCCCC3)cc2)nc2cc(C(=O)O)ccc12. The normalized spacial score (nSPS) is 15.5. The van der Waals surface area contributed by atoms with E-state index < -0.39 is 16.0 Å². The van der Waals surface area contributed by atoms with Crippen LogP contribution in [0.4, 0.5) is 0 Å². The molecule has 1 fully saturated rings. The van der Waals surface area contributed by atoms with Crippen LogP contribution in [-0.2, 0) is 10.0 Å². The number of aryl methyl sites for hydroxylation is 1. The highest BCUT2D eigenvalue weighted by Crippen LogP contribution is 2.27. The molecule has 1 saturated heterocycles. The Bertz CT molecular complexity index is 1180. The number of hydrogen-bond acceptors (Lipinski definition) is 4. The maximum absolute atomic E-state index is 12.8. The van der Waals surface area contributed by atoms with Crippen molar-refractivity contribution in [3.63, 3.8) is 0 Å². The monoisotopic (exact) mass is 410 g/mol. The number of sulfonamides is 1. The summed E-state index contributed by atoms with van der Waals surface area (Å²) in [7, 11) is -3.47. The molecule has 0 saturated carbocycles. The fraction of sp³-hybridized carbons (Fsp3) is 0.273. The highest BCUT2D eigenvalue weighted by Gasteiger charge is 2.25. The Kier molecular flexibility index (Phi) is 5.10. The number of aromatic nitrogens is 1. The van der Waals surface area contributed by atoms with Gasteiger partial charge in [-0.1, -0.05) is 24.6 Å². The van der Waals surface area contributed by atoms with Crippen molar-refractivity contribution in [2.24, 2.45) is 0 Å². The molecule has 0 aliphatic carbocycles. The molecule has 0 atom stereocenters.